The zero-order valence-corrected chi connectivity index (χ0v) is 18.4. The molecule has 1 saturated carbocycles. The molecule has 0 bridgehead atoms. The molecule has 0 saturated heterocycles. The van der Waals surface area contributed by atoms with Gasteiger partial charge in [-0.1, -0.05) is 64.3 Å². The highest BCUT2D eigenvalue weighted by molar-refractivity contribution is 5.33. The van der Waals surface area contributed by atoms with Crippen LogP contribution in [0.25, 0.3) is 0 Å². The molecule has 0 amide bonds. The summed E-state index contributed by atoms with van der Waals surface area (Å²) in [6.45, 7) is 7.15. The molecule has 0 heterocycles. The molecule has 3 rings (SSSR count). The second-order valence-corrected chi connectivity index (χ2v) is 9.56. The van der Waals surface area contributed by atoms with Gasteiger partial charge in [-0.15, -0.1) is 0 Å². The third-order valence-corrected chi connectivity index (χ3v) is 7.34. The lowest BCUT2D eigenvalue weighted by atomic mass is 9.61. The lowest BCUT2D eigenvalue weighted by molar-refractivity contribution is 0.171. The smallest absolute Gasteiger partial charge is 0.115 e. The molecule has 158 valence electrons. The van der Waals surface area contributed by atoms with Gasteiger partial charge in [0.1, 0.15) is 11.5 Å². The molecule has 2 atom stereocenters. The average Bonchev–Trinajstić information content (AvgIpc) is 2.73. The fraction of sp³-hybridized carbons (Fsp3) is 0.556. The minimum absolute atomic E-state index is 0.154. The summed E-state index contributed by atoms with van der Waals surface area (Å²) in [4.78, 5) is 0. The summed E-state index contributed by atoms with van der Waals surface area (Å²) >= 11 is 0. The van der Waals surface area contributed by atoms with Crippen molar-refractivity contribution in [1.29, 1.82) is 0 Å². The number of phenolic OH excluding ortho intramolecular Hbond substituents is 2. The molecule has 2 aromatic carbocycles. The van der Waals surface area contributed by atoms with Crippen LogP contribution < -0.4 is 0 Å². The van der Waals surface area contributed by atoms with Crippen LogP contribution in [0.2, 0.25) is 0 Å². The van der Waals surface area contributed by atoms with Gasteiger partial charge in [0.25, 0.3) is 0 Å². The number of hydrogen-bond acceptors (Lipinski definition) is 2. The highest BCUT2D eigenvalue weighted by atomic mass is 16.3. The van der Waals surface area contributed by atoms with Gasteiger partial charge in [0.05, 0.1) is 0 Å². The topological polar surface area (TPSA) is 40.5 Å². The van der Waals surface area contributed by atoms with E-state index in [2.05, 4.69) is 45.0 Å². The predicted octanol–water partition coefficient (Wildman–Crippen LogP) is 7.55. The van der Waals surface area contributed by atoms with Crippen molar-refractivity contribution >= 4 is 0 Å². The Kier molecular flexibility index (Phi) is 7.27. The molecule has 0 spiro atoms. The quantitative estimate of drug-likeness (QED) is 0.485. The molecule has 1 aliphatic carbocycles. The van der Waals surface area contributed by atoms with Gasteiger partial charge in [-0.05, 0) is 90.7 Å². The molecule has 29 heavy (non-hydrogen) atoms. The molecular weight excluding hydrogens is 356 g/mol. The van der Waals surface area contributed by atoms with E-state index >= 15 is 0 Å². The first-order valence-electron chi connectivity index (χ1n) is 11.5. The summed E-state index contributed by atoms with van der Waals surface area (Å²) < 4.78 is 0. The van der Waals surface area contributed by atoms with Crippen LogP contribution in [0, 0.1) is 11.8 Å². The Morgan fingerprint density at radius 1 is 0.897 bits per heavy atom. The lowest BCUT2D eigenvalue weighted by Crippen LogP contribution is -2.36. The molecular formula is C27H38O2. The van der Waals surface area contributed by atoms with Crippen LogP contribution in [0.15, 0.2) is 48.5 Å². The Balaban J connectivity index is 1.75. The summed E-state index contributed by atoms with van der Waals surface area (Å²) in [7, 11) is 0. The van der Waals surface area contributed by atoms with E-state index in [-0.39, 0.29) is 5.41 Å². The number of phenols is 2. The first-order valence-corrected chi connectivity index (χ1v) is 11.5. The third kappa shape index (κ3) is 5.35. The first-order chi connectivity index (χ1) is 13.9. The fourth-order valence-electron chi connectivity index (χ4n) is 5.55. The summed E-state index contributed by atoms with van der Waals surface area (Å²) in [5.41, 5.74) is 2.90. The fourth-order valence-corrected chi connectivity index (χ4v) is 5.55. The molecule has 0 aromatic heterocycles. The average molecular weight is 395 g/mol. The van der Waals surface area contributed by atoms with E-state index in [0.717, 1.165) is 0 Å². The van der Waals surface area contributed by atoms with Crippen LogP contribution >= 0.6 is 0 Å². The molecule has 2 heteroatoms. The number of benzene rings is 2. The molecule has 2 nitrogen and oxygen atoms in total. The van der Waals surface area contributed by atoms with Gasteiger partial charge in [-0.3, -0.25) is 0 Å². The minimum atomic E-state index is 0.154. The maximum absolute atomic E-state index is 9.79. The Labute approximate surface area is 177 Å². The van der Waals surface area contributed by atoms with E-state index in [1.165, 1.54) is 62.5 Å². The van der Waals surface area contributed by atoms with Crippen LogP contribution in [-0.4, -0.2) is 10.2 Å². The maximum Gasteiger partial charge on any atom is 0.115 e. The van der Waals surface area contributed by atoms with Crippen LogP contribution in [0.1, 0.15) is 89.2 Å². The second kappa shape index (κ2) is 9.69. The van der Waals surface area contributed by atoms with Crippen LogP contribution in [-0.2, 0) is 5.41 Å². The highest BCUT2D eigenvalue weighted by Gasteiger charge is 2.39. The summed E-state index contributed by atoms with van der Waals surface area (Å²) in [6.07, 6.45) is 9.99. The van der Waals surface area contributed by atoms with Crippen molar-refractivity contribution in [3.05, 3.63) is 59.7 Å². The zero-order chi connectivity index (χ0) is 20.9. The van der Waals surface area contributed by atoms with Gasteiger partial charge in [0, 0.05) is 0 Å². The number of hydrogen-bond donors (Lipinski definition) is 2. The summed E-state index contributed by atoms with van der Waals surface area (Å²) in [5, 5.41) is 19.4. The number of rotatable bonds is 8. The molecule has 0 radical (unpaired) electrons. The lowest BCUT2D eigenvalue weighted by Gasteiger charge is -2.44. The molecule has 2 N–H and O–H groups in total. The predicted molar refractivity (Wildman–Crippen MR) is 122 cm³/mol. The van der Waals surface area contributed by atoms with Crippen molar-refractivity contribution in [3.63, 3.8) is 0 Å². The van der Waals surface area contributed by atoms with Crippen molar-refractivity contribution < 1.29 is 10.2 Å². The van der Waals surface area contributed by atoms with E-state index in [0.29, 0.717) is 29.3 Å². The number of aromatic hydroxyl groups is 2. The summed E-state index contributed by atoms with van der Waals surface area (Å²) in [5.74, 6) is 2.69. The highest BCUT2D eigenvalue weighted by Crippen LogP contribution is 2.48. The number of unbranched alkanes of at least 4 members (excludes halogenated alkanes) is 1. The standard InChI is InChI=1S/C27H38O2/c1-4-5-6-20(2)19-27(3,24-13-17-26(29)18-14-24)23-11-7-21(8-12-23)22-9-15-25(28)16-10-22/h9-10,13-18,20-21,23,28-29H,4-8,11-12,19H2,1-3H3. The molecule has 1 fully saturated rings. The molecule has 0 aliphatic heterocycles. The Bertz CT molecular complexity index is 741. The van der Waals surface area contributed by atoms with Gasteiger partial charge < -0.3 is 10.2 Å². The Hall–Kier alpha value is -1.96. The van der Waals surface area contributed by atoms with Crippen molar-refractivity contribution in [2.75, 3.05) is 0 Å². The minimum Gasteiger partial charge on any atom is -0.508 e. The van der Waals surface area contributed by atoms with Crippen LogP contribution in [0.3, 0.4) is 0 Å². The van der Waals surface area contributed by atoms with E-state index < -0.39 is 0 Å². The Morgan fingerprint density at radius 2 is 1.45 bits per heavy atom. The van der Waals surface area contributed by atoms with Gasteiger partial charge in [-0.2, -0.15) is 0 Å². The molecule has 2 unspecified atom stereocenters. The van der Waals surface area contributed by atoms with Gasteiger partial charge >= 0.3 is 0 Å². The molecule has 1 aliphatic rings. The third-order valence-electron chi connectivity index (χ3n) is 7.34. The van der Waals surface area contributed by atoms with Gasteiger partial charge in [0.2, 0.25) is 0 Å². The van der Waals surface area contributed by atoms with Crippen LogP contribution in [0.5, 0.6) is 11.5 Å². The maximum atomic E-state index is 9.79. The van der Waals surface area contributed by atoms with Gasteiger partial charge in [0.15, 0.2) is 0 Å². The monoisotopic (exact) mass is 394 g/mol. The largest absolute Gasteiger partial charge is 0.508 e. The SMILES string of the molecule is CCCCC(C)CC(C)(c1ccc(O)cc1)C1CCC(c2ccc(O)cc2)CC1. The molecule has 2 aromatic rings. The van der Waals surface area contributed by atoms with E-state index in [1.54, 1.807) is 0 Å². The van der Waals surface area contributed by atoms with E-state index in [1.807, 2.05) is 24.3 Å². The van der Waals surface area contributed by atoms with Gasteiger partial charge in [-0.25, -0.2) is 0 Å². The van der Waals surface area contributed by atoms with Crippen molar-refractivity contribution in [2.24, 2.45) is 11.8 Å². The van der Waals surface area contributed by atoms with Crippen LogP contribution in [0.4, 0.5) is 0 Å². The Morgan fingerprint density at radius 3 is 2.00 bits per heavy atom. The van der Waals surface area contributed by atoms with E-state index in [4.69, 9.17) is 0 Å². The zero-order valence-electron chi connectivity index (χ0n) is 18.4. The normalized spacial score (nSPS) is 22.7. The van der Waals surface area contributed by atoms with Crippen molar-refractivity contribution in [3.8, 4) is 11.5 Å². The van der Waals surface area contributed by atoms with E-state index in [9.17, 15) is 10.2 Å². The second-order valence-electron chi connectivity index (χ2n) is 9.56. The summed E-state index contributed by atoms with van der Waals surface area (Å²) in [6, 6.07) is 15.8. The van der Waals surface area contributed by atoms with Crippen molar-refractivity contribution in [2.45, 2.75) is 83.5 Å². The van der Waals surface area contributed by atoms with Crippen molar-refractivity contribution in [1.82, 2.24) is 0 Å². The first kappa shape index (κ1) is 21.7.